The summed E-state index contributed by atoms with van der Waals surface area (Å²) in [6.45, 7) is 7.88. The molecule has 1 heterocycles. The van der Waals surface area contributed by atoms with Crippen molar-refractivity contribution in [2.45, 2.75) is 52.0 Å². The highest BCUT2D eigenvalue weighted by atomic mass is 35.5. The second-order valence-corrected chi connectivity index (χ2v) is 9.02. The molecule has 0 bridgehead atoms. The number of hydrogen-bond acceptors (Lipinski definition) is 3. The summed E-state index contributed by atoms with van der Waals surface area (Å²) in [5.41, 5.74) is 0.668. The van der Waals surface area contributed by atoms with E-state index in [0.29, 0.717) is 35.5 Å². The van der Waals surface area contributed by atoms with Gasteiger partial charge in [0.25, 0.3) is 5.91 Å². The summed E-state index contributed by atoms with van der Waals surface area (Å²) in [5, 5.41) is 3.83. The topological polar surface area (TPSA) is 52.7 Å². The third kappa shape index (κ3) is 5.73. The van der Waals surface area contributed by atoms with Gasteiger partial charge in [-0.05, 0) is 48.9 Å². The Labute approximate surface area is 179 Å². The highest BCUT2D eigenvalue weighted by Gasteiger charge is 2.37. The predicted molar refractivity (Wildman–Crippen MR) is 117 cm³/mol. The van der Waals surface area contributed by atoms with E-state index in [-0.39, 0.29) is 17.9 Å². The van der Waals surface area contributed by atoms with Crippen LogP contribution in [0.1, 0.15) is 56.3 Å². The summed E-state index contributed by atoms with van der Waals surface area (Å²) in [6, 6.07) is 7.00. The number of hydrogen-bond donors (Lipinski definition) is 1. The summed E-state index contributed by atoms with van der Waals surface area (Å²) in [7, 11) is 0. The Kier molecular flexibility index (Phi) is 7.96. The summed E-state index contributed by atoms with van der Waals surface area (Å²) in [5.74, 6) is 1.15. The van der Waals surface area contributed by atoms with Crippen LogP contribution < -0.4 is 5.32 Å². The number of benzene rings is 1. The molecule has 0 radical (unpaired) electrons. The zero-order valence-corrected chi connectivity index (χ0v) is 18.5. The van der Waals surface area contributed by atoms with E-state index in [2.05, 4.69) is 24.1 Å². The van der Waals surface area contributed by atoms with Gasteiger partial charge in [-0.1, -0.05) is 44.7 Å². The number of carbonyl (C=O) groups is 2. The molecular formula is C23H34ClN3O2. The predicted octanol–water partition coefficient (Wildman–Crippen LogP) is 3.82. The highest BCUT2D eigenvalue weighted by molar-refractivity contribution is 6.30. The Morgan fingerprint density at radius 1 is 1.10 bits per heavy atom. The van der Waals surface area contributed by atoms with Crippen LogP contribution in [-0.2, 0) is 4.79 Å². The zero-order chi connectivity index (χ0) is 20.8. The molecule has 6 heteroatoms. The van der Waals surface area contributed by atoms with Gasteiger partial charge in [0.2, 0.25) is 5.91 Å². The lowest BCUT2D eigenvalue weighted by atomic mass is 9.94. The van der Waals surface area contributed by atoms with Crippen molar-refractivity contribution in [1.82, 2.24) is 15.1 Å². The maximum Gasteiger partial charge on any atom is 0.253 e. The standard InChI is InChI=1S/C23H34ClN3O2/c1-3-17(2)16-25-22(28)21(18-6-4-5-7-18)26-12-14-27(15-13-26)23(29)19-8-10-20(24)11-9-19/h8-11,17-18,21H,3-7,12-16H2,1-2H3,(H,25,28). The van der Waals surface area contributed by atoms with Crippen LogP contribution in [0.5, 0.6) is 0 Å². The van der Waals surface area contributed by atoms with Gasteiger partial charge >= 0.3 is 0 Å². The number of rotatable bonds is 7. The fourth-order valence-corrected chi connectivity index (χ4v) is 4.58. The Balaban J connectivity index is 1.61. The third-order valence-electron chi connectivity index (χ3n) is 6.52. The maximum atomic E-state index is 13.1. The van der Waals surface area contributed by atoms with Crippen LogP contribution in [0.3, 0.4) is 0 Å². The molecule has 29 heavy (non-hydrogen) atoms. The normalized spacial score (nSPS) is 20.4. The van der Waals surface area contributed by atoms with Gasteiger partial charge < -0.3 is 10.2 Å². The van der Waals surface area contributed by atoms with Crippen molar-refractivity contribution in [2.75, 3.05) is 32.7 Å². The Bertz CT molecular complexity index is 680. The van der Waals surface area contributed by atoms with Crippen molar-refractivity contribution in [3.8, 4) is 0 Å². The second-order valence-electron chi connectivity index (χ2n) is 8.58. The van der Waals surface area contributed by atoms with Gasteiger partial charge in [-0.15, -0.1) is 0 Å². The molecule has 1 aromatic carbocycles. The largest absolute Gasteiger partial charge is 0.354 e. The summed E-state index contributed by atoms with van der Waals surface area (Å²) in [4.78, 5) is 30.1. The Morgan fingerprint density at radius 2 is 1.72 bits per heavy atom. The van der Waals surface area contributed by atoms with Gasteiger partial charge in [0.15, 0.2) is 0 Å². The molecule has 1 N–H and O–H groups in total. The lowest BCUT2D eigenvalue weighted by Gasteiger charge is -2.41. The fourth-order valence-electron chi connectivity index (χ4n) is 4.45. The molecule has 2 unspecified atom stereocenters. The van der Waals surface area contributed by atoms with Crippen molar-refractivity contribution in [1.29, 1.82) is 0 Å². The lowest BCUT2D eigenvalue weighted by Crippen LogP contribution is -2.58. The quantitative estimate of drug-likeness (QED) is 0.730. The summed E-state index contributed by atoms with van der Waals surface area (Å²) >= 11 is 5.93. The minimum absolute atomic E-state index is 0.0416. The number of nitrogens with one attached hydrogen (secondary N) is 1. The summed E-state index contributed by atoms with van der Waals surface area (Å²) in [6.07, 6.45) is 5.76. The first kappa shape index (κ1) is 22.1. The van der Waals surface area contributed by atoms with Crippen LogP contribution in [0, 0.1) is 11.8 Å². The van der Waals surface area contributed by atoms with Crippen LogP contribution in [0.2, 0.25) is 5.02 Å². The number of carbonyl (C=O) groups excluding carboxylic acids is 2. The Hall–Kier alpha value is -1.59. The number of piperazine rings is 1. The van der Waals surface area contributed by atoms with Crippen LogP contribution in [0.15, 0.2) is 24.3 Å². The molecule has 5 nitrogen and oxygen atoms in total. The van der Waals surface area contributed by atoms with Crippen molar-refractivity contribution in [3.05, 3.63) is 34.9 Å². The van der Waals surface area contributed by atoms with Crippen molar-refractivity contribution in [3.63, 3.8) is 0 Å². The van der Waals surface area contributed by atoms with Gasteiger partial charge in [0, 0.05) is 43.3 Å². The molecule has 2 aliphatic rings. The Morgan fingerprint density at radius 3 is 2.31 bits per heavy atom. The van der Waals surface area contributed by atoms with Crippen LogP contribution >= 0.6 is 11.6 Å². The van der Waals surface area contributed by atoms with E-state index in [1.165, 1.54) is 12.8 Å². The average Bonchev–Trinajstić information content (AvgIpc) is 3.27. The molecule has 1 saturated heterocycles. The van der Waals surface area contributed by atoms with Gasteiger partial charge in [-0.25, -0.2) is 0 Å². The molecule has 1 aromatic rings. The van der Waals surface area contributed by atoms with Gasteiger partial charge in [0.1, 0.15) is 0 Å². The molecule has 1 saturated carbocycles. The zero-order valence-electron chi connectivity index (χ0n) is 17.7. The minimum atomic E-state index is -0.0608. The molecule has 2 amide bonds. The minimum Gasteiger partial charge on any atom is -0.354 e. The van der Waals surface area contributed by atoms with E-state index >= 15 is 0 Å². The van der Waals surface area contributed by atoms with Gasteiger partial charge in [0.05, 0.1) is 6.04 Å². The summed E-state index contributed by atoms with van der Waals surface area (Å²) < 4.78 is 0. The molecular weight excluding hydrogens is 386 g/mol. The van der Waals surface area contributed by atoms with Crippen LogP contribution in [0.25, 0.3) is 0 Å². The smallest absolute Gasteiger partial charge is 0.253 e. The highest BCUT2D eigenvalue weighted by Crippen LogP contribution is 2.31. The number of nitrogens with zero attached hydrogens (tertiary/aromatic N) is 2. The van der Waals surface area contributed by atoms with Crippen LogP contribution in [-0.4, -0.2) is 60.4 Å². The molecule has 1 aliphatic carbocycles. The maximum absolute atomic E-state index is 13.1. The lowest BCUT2D eigenvalue weighted by molar-refractivity contribution is -0.129. The van der Waals surface area contributed by atoms with Gasteiger partial charge in [-0.2, -0.15) is 0 Å². The first-order valence-corrected chi connectivity index (χ1v) is 11.4. The van der Waals surface area contributed by atoms with Crippen LogP contribution in [0.4, 0.5) is 0 Å². The number of halogens is 1. The fraction of sp³-hybridized carbons (Fsp3) is 0.652. The molecule has 1 aliphatic heterocycles. The molecule has 0 aromatic heterocycles. The molecule has 2 atom stereocenters. The molecule has 160 valence electrons. The van der Waals surface area contributed by atoms with Crippen molar-refractivity contribution in [2.24, 2.45) is 11.8 Å². The first-order chi connectivity index (χ1) is 14.0. The second kappa shape index (κ2) is 10.4. The van der Waals surface area contributed by atoms with E-state index in [0.717, 1.165) is 38.9 Å². The van der Waals surface area contributed by atoms with E-state index in [1.807, 2.05) is 4.90 Å². The first-order valence-electron chi connectivity index (χ1n) is 11.1. The SMILES string of the molecule is CCC(C)CNC(=O)C(C1CCCC1)N1CCN(C(=O)c2ccc(Cl)cc2)CC1. The molecule has 0 spiro atoms. The van der Waals surface area contributed by atoms with Crippen molar-refractivity contribution < 1.29 is 9.59 Å². The number of amides is 2. The van der Waals surface area contributed by atoms with E-state index < -0.39 is 0 Å². The molecule has 2 fully saturated rings. The monoisotopic (exact) mass is 419 g/mol. The van der Waals surface area contributed by atoms with Gasteiger partial charge in [-0.3, -0.25) is 14.5 Å². The van der Waals surface area contributed by atoms with Crippen molar-refractivity contribution >= 4 is 23.4 Å². The molecule has 3 rings (SSSR count). The van der Waals surface area contributed by atoms with E-state index in [9.17, 15) is 9.59 Å². The average molecular weight is 420 g/mol. The van der Waals surface area contributed by atoms with E-state index in [1.54, 1.807) is 24.3 Å². The third-order valence-corrected chi connectivity index (χ3v) is 6.77. The van der Waals surface area contributed by atoms with E-state index in [4.69, 9.17) is 11.6 Å².